The van der Waals surface area contributed by atoms with Gasteiger partial charge in [-0.25, -0.2) is 8.78 Å². The summed E-state index contributed by atoms with van der Waals surface area (Å²) in [5, 5.41) is 15.1. The highest BCUT2D eigenvalue weighted by Crippen LogP contribution is 2.31. The fraction of sp³-hybridized carbons (Fsp3) is 0.357. The molecule has 1 aromatic carbocycles. The Labute approximate surface area is 120 Å². The molecule has 0 fully saturated rings. The summed E-state index contributed by atoms with van der Waals surface area (Å²) in [6.45, 7) is 3.16. The molecule has 1 aromatic heterocycles. The molecule has 0 spiro atoms. The zero-order chi connectivity index (χ0) is 15.1. The topological polar surface area (TPSA) is 38.0 Å². The van der Waals surface area contributed by atoms with E-state index in [1.807, 2.05) is 0 Å². The van der Waals surface area contributed by atoms with E-state index in [1.54, 1.807) is 14.0 Å². The van der Waals surface area contributed by atoms with Crippen molar-refractivity contribution in [2.75, 3.05) is 0 Å². The third-order valence-electron chi connectivity index (χ3n) is 3.31. The summed E-state index contributed by atoms with van der Waals surface area (Å²) in [7, 11) is 1.69. The first kappa shape index (κ1) is 14.9. The van der Waals surface area contributed by atoms with E-state index in [1.165, 1.54) is 23.7 Å². The summed E-state index contributed by atoms with van der Waals surface area (Å²) in [6, 6.07) is 3.73. The third-order valence-corrected chi connectivity index (χ3v) is 3.80. The molecule has 0 aliphatic carbocycles. The molecule has 108 valence electrons. The molecule has 6 heteroatoms. The minimum atomic E-state index is -1.59. The first-order chi connectivity index (χ1) is 9.24. The van der Waals surface area contributed by atoms with Crippen LogP contribution < -0.4 is 0 Å². The summed E-state index contributed by atoms with van der Waals surface area (Å²) < 4.78 is 28.6. The van der Waals surface area contributed by atoms with Crippen LogP contribution in [0.1, 0.15) is 23.9 Å². The Morgan fingerprint density at radius 3 is 2.60 bits per heavy atom. The number of rotatable bonds is 3. The maximum atomic E-state index is 13.8. The van der Waals surface area contributed by atoms with Gasteiger partial charge in [0.1, 0.15) is 0 Å². The Bertz CT molecular complexity index is 653. The van der Waals surface area contributed by atoms with Crippen LogP contribution in [0.5, 0.6) is 0 Å². The summed E-state index contributed by atoms with van der Waals surface area (Å²) in [6.07, 6.45) is 0.0313. The van der Waals surface area contributed by atoms with Crippen LogP contribution in [-0.4, -0.2) is 14.9 Å². The second kappa shape index (κ2) is 5.14. The molecule has 1 N–H and O–H groups in total. The predicted molar refractivity (Wildman–Crippen MR) is 72.6 cm³/mol. The number of hydrogen-bond donors (Lipinski definition) is 1. The second-order valence-corrected chi connectivity index (χ2v) is 5.40. The van der Waals surface area contributed by atoms with Gasteiger partial charge in [-0.05, 0) is 19.9 Å². The zero-order valence-corrected chi connectivity index (χ0v) is 12.2. The van der Waals surface area contributed by atoms with Crippen molar-refractivity contribution in [3.63, 3.8) is 0 Å². The maximum Gasteiger partial charge on any atom is 0.164 e. The van der Waals surface area contributed by atoms with Gasteiger partial charge in [0.05, 0.1) is 22.0 Å². The molecule has 0 bridgehead atoms. The molecular weight excluding hydrogens is 286 g/mol. The molecule has 0 saturated carbocycles. The third kappa shape index (κ3) is 2.55. The molecule has 0 amide bonds. The number of halogens is 3. The van der Waals surface area contributed by atoms with Crippen molar-refractivity contribution < 1.29 is 13.9 Å². The average Bonchev–Trinajstić information content (AvgIpc) is 2.59. The SMILES string of the molecule is Cc1nn(C)c(CC(C)(O)c2cccc(F)c2F)c1Cl. The van der Waals surface area contributed by atoms with Gasteiger partial charge in [0.2, 0.25) is 0 Å². The van der Waals surface area contributed by atoms with Gasteiger partial charge in [-0.3, -0.25) is 4.68 Å². The molecule has 3 nitrogen and oxygen atoms in total. The number of benzene rings is 1. The van der Waals surface area contributed by atoms with Gasteiger partial charge in [-0.2, -0.15) is 5.10 Å². The van der Waals surface area contributed by atoms with Crippen LogP contribution >= 0.6 is 11.6 Å². The maximum absolute atomic E-state index is 13.8. The molecule has 20 heavy (non-hydrogen) atoms. The van der Waals surface area contributed by atoms with Crippen LogP contribution in [0.2, 0.25) is 5.02 Å². The van der Waals surface area contributed by atoms with Crippen LogP contribution in [0.15, 0.2) is 18.2 Å². The lowest BCUT2D eigenvalue weighted by atomic mass is 9.90. The van der Waals surface area contributed by atoms with E-state index in [0.717, 1.165) is 6.07 Å². The van der Waals surface area contributed by atoms with Gasteiger partial charge >= 0.3 is 0 Å². The molecule has 2 rings (SSSR count). The van der Waals surface area contributed by atoms with E-state index < -0.39 is 17.2 Å². The van der Waals surface area contributed by atoms with Crippen LogP contribution in [0.25, 0.3) is 0 Å². The number of hydrogen-bond acceptors (Lipinski definition) is 2. The van der Waals surface area contributed by atoms with Crippen molar-refractivity contribution in [1.82, 2.24) is 9.78 Å². The van der Waals surface area contributed by atoms with E-state index in [-0.39, 0.29) is 12.0 Å². The van der Waals surface area contributed by atoms with Gasteiger partial charge in [-0.15, -0.1) is 0 Å². The smallest absolute Gasteiger partial charge is 0.164 e. The van der Waals surface area contributed by atoms with Gasteiger partial charge in [-0.1, -0.05) is 23.7 Å². The van der Waals surface area contributed by atoms with Gasteiger partial charge < -0.3 is 5.11 Å². The monoisotopic (exact) mass is 300 g/mol. The highest BCUT2D eigenvalue weighted by atomic mass is 35.5. The number of aliphatic hydroxyl groups is 1. The fourth-order valence-electron chi connectivity index (χ4n) is 2.21. The van der Waals surface area contributed by atoms with Gasteiger partial charge in [0.25, 0.3) is 0 Å². The largest absolute Gasteiger partial charge is 0.385 e. The van der Waals surface area contributed by atoms with E-state index in [0.29, 0.717) is 16.4 Å². The molecule has 1 atom stereocenters. The molecule has 0 radical (unpaired) electrons. The molecule has 1 heterocycles. The summed E-state index contributed by atoms with van der Waals surface area (Å²) >= 11 is 6.12. The minimum absolute atomic E-state index is 0.0313. The zero-order valence-electron chi connectivity index (χ0n) is 11.4. The normalized spacial score (nSPS) is 14.3. The average molecular weight is 301 g/mol. The van der Waals surface area contributed by atoms with Crippen molar-refractivity contribution in [3.8, 4) is 0 Å². The van der Waals surface area contributed by atoms with Crippen LogP contribution in [0, 0.1) is 18.6 Å². The lowest BCUT2D eigenvalue weighted by Gasteiger charge is -2.24. The van der Waals surface area contributed by atoms with E-state index in [2.05, 4.69) is 5.10 Å². The Balaban J connectivity index is 2.43. The van der Waals surface area contributed by atoms with Crippen LogP contribution in [0.4, 0.5) is 8.78 Å². The van der Waals surface area contributed by atoms with Gasteiger partial charge in [0, 0.05) is 19.0 Å². The van der Waals surface area contributed by atoms with E-state index in [9.17, 15) is 13.9 Å². The molecule has 0 aliphatic heterocycles. The summed E-state index contributed by atoms with van der Waals surface area (Å²) in [5.41, 5.74) is -0.499. The van der Waals surface area contributed by atoms with Crippen molar-refractivity contribution in [1.29, 1.82) is 0 Å². The predicted octanol–water partition coefficient (Wildman–Crippen LogP) is 3.11. The lowest BCUT2D eigenvalue weighted by Crippen LogP contribution is -2.27. The van der Waals surface area contributed by atoms with Crippen molar-refractivity contribution in [3.05, 3.63) is 51.8 Å². The lowest BCUT2D eigenvalue weighted by molar-refractivity contribution is 0.0511. The van der Waals surface area contributed by atoms with Crippen molar-refractivity contribution in [2.24, 2.45) is 7.05 Å². The number of nitrogens with zero attached hydrogens (tertiary/aromatic N) is 2. The quantitative estimate of drug-likeness (QED) is 0.946. The molecule has 1 unspecified atom stereocenters. The Hall–Kier alpha value is -1.46. The summed E-state index contributed by atoms with van der Waals surface area (Å²) in [4.78, 5) is 0. The minimum Gasteiger partial charge on any atom is -0.385 e. The van der Waals surface area contributed by atoms with Gasteiger partial charge in [0.15, 0.2) is 11.6 Å². The fourth-order valence-corrected chi connectivity index (χ4v) is 2.44. The van der Waals surface area contributed by atoms with Crippen LogP contribution in [0.3, 0.4) is 0 Å². The molecular formula is C14H15ClF2N2O. The van der Waals surface area contributed by atoms with Crippen LogP contribution in [-0.2, 0) is 19.1 Å². The number of aryl methyl sites for hydroxylation is 2. The molecule has 0 aliphatic rings. The Kier molecular flexibility index (Phi) is 3.84. The molecule has 2 aromatic rings. The van der Waals surface area contributed by atoms with E-state index in [4.69, 9.17) is 11.6 Å². The Morgan fingerprint density at radius 2 is 2.05 bits per heavy atom. The first-order valence-electron chi connectivity index (χ1n) is 6.09. The van der Waals surface area contributed by atoms with E-state index >= 15 is 0 Å². The molecule has 0 saturated heterocycles. The second-order valence-electron chi connectivity index (χ2n) is 5.02. The highest BCUT2D eigenvalue weighted by Gasteiger charge is 2.31. The highest BCUT2D eigenvalue weighted by molar-refractivity contribution is 6.31. The number of aromatic nitrogens is 2. The summed E-state index contributed by atoms with van der Waals surface area (Å²) in [5.74, 6) is -2.04. The van der Waals surface area contributed by atoms with Crippen molar-refractivity contribution in [2.45, 2.75) is 25.9 Å². The van der Waals surface area contributed by atoms with Crippen molar-refractivity contribution >= 4 is 11.6 Å². The standard InChI is InChI=1S/C14H15ClF2N2O/c1-8-12(15)11(19(3)18-8)7-14(2,20)9-5-4-6-10(16)13(9)17/h4-6,20H,7H2,1-3H3. The first-order valence-corrected chi connectivity index (χ1v) is 6.46. The Morgan fingerprint density at radius 1 is 1.40 bits per heavy atom.